The normalized spacial score (nSPS) is 18.2. The Morgan fingerprint density at radius 2 is 1.76 bits per heavy atom. The summed E-state index contributed by atoms with van der Waals surface area (Å²) in [6.45, 7) is 17.0. The number of nitrogens with two attached hydrogens (primary N) is 1. The van der Waals surface area contributed by atoms with Crippen molar-refractivity contribution < 1.29 is 9.53 Å². The maximum Gasteiger partial charge on any atom is 0.231 e. The fourth-order valence-corrected chi connectivity index (χ4v) is 5.13. The highest BCUT2D eigenvalue weighted by molar-refractivity contribution is 5.76. The van der Waals surface area contributed by atoms with Crippen molar-refractivity contribution in [3.63, 3.8) is 0 Å². The number of carbonyl (C=O) groups excluding carboxylic acids is 1. The van der Waals surface area contributed by atoms with Crippen molar-refractivity contribution in [2.45, 2.75) is 73.1 Å². The van der Waals surface area contributed by atoms with Gasteiger partial charge in [0.15, 0.2) is 5.82 Å². The minimum atomic E-state index is -0.301. The van der Waals surface area contributed by atoms with Crippen molar-refractivity contribution in [2.75, 3.05) is 24.5 Å². The Kier molecular flexibility index (Phi) is 8.36. The van der Waals surface area contributed by atoms with Crippen molar-refractivity contribution in [1.82, 2.24) is 14.9 Å². The van der Waals surface area contributed by atoms with Gasteiger partial charge in [-0.25, -0.2) is 9.97 Å². The number of anilines is 1. The third-order valence-corrected chi connectivity index (χ3v) is 7.57. The second kappa shape index (κ2) is 11.5. The monoisotopic (exact) mass is 515 g/mol. The maximum absolute atomic E-state index is 11.6. The molecular formula is C31H41N5O2. The van der Waals surface area contributed by atoms with Crippen LogP contribution in [0.15, 0.2) is 42.5 Å². The molecule has 2 N–H and O–H groups in total. The average Bonchev–Trinajstić information content (AvgIpc) is 2.85. The zero-order chi connectivity index (χ0) is 27.6. The second-order valence-electron chi connectivity index (χ2n) is 11.0. The van der Waals surface area contributed by atoms with E-state index in [4.69, 9.17) is 20.4 Å². The van der Waals surface area contributed by atoms with E-state index in [2.05, 4.69) is 81.7 Å². The first-order valence-electron chi connectivity index (χ1n) is 13.5. The predicted octanol–water partition coefficient (Wildman–Crippen LogP) is 5.16. The molecule has 1 amide bonds. The molecule has 2 atom stereocenters. The number of piperazine rings is 1. The number of aromatic nitrogens is 2. The molecule has 7 heteroatoms. The molecule has 0 saturated carbocycles. The third kappa shape index (κ3) is 5.99. The lowest BCUT2D eigenvalue weighted by molar-refractivity contribution is -0.119. The van der Waals surface area contributed by atoms with E-state index in [1.165, 1.54) is 5.56 Å². The van der Waals surface area contributed by atoms with Crippen LogP contribution in [-0.4, -0.2) is 52.5 Å². The van der Waals surface area contributed by atoms with Gasteiger partial charge in [0.25, 0.3) is 0 Å². The number of aryl methyl sites for hydroxylation is 3. The SMILES string of the molecule is Cc1ccc(C(C)C)cc1OCc1c(C)nc(-c2ccccc2C)nc1N1C[C@H](C)N(CC(N)=O)C[C@H]1C. The molecular weight excluding hydrogens is 474 g/mol. The summed E-state index contributed by atoms with van der Waals surface area (Å²) in [5.74, 6) is 2.62. The van der Waals surface area contributed by atoms with Crippen LogP contribution in [0.25, 0.3) is 11.4 Å². The van der Waals surface area contributed by atoms with Gasteiger partial charge < -0.3 is 15.4 Å². The lowest BCUT2D eigenvalue weighted by Crippen LogP contribution is -2.58. The van der Waals surface area contributed by atoms with Gasteiger partial charge in [-0.3, -0.25) is 9.69 Å². The number of hydrogen-bond donors (Lipinski definition) is 1. The predicted molar refractivity (Wildman–Crippen MR) is 154 cm³/mol. The van der Waals surface area contributed by atoms with E-state index in [1.54, 1.807) is 0 Å². The topological polar surface area (TPSA) is 84.6 Å². The molecule has 1 saturated heterocycles. The summed E-state index contributed by atoms with van der Waals surface area (Å²) in [7, 11) is 0. The van der Waals surface area contributed by atoms with Crippen LogP contribution >= 0.6 is 0 Å². The molecule has 7 nitrogen and oxygen atoms in total. The zero-order valence-corrected chi connectivity index (χ0v) is 23.8. The minimum absolute atomic E-state index is 0.134. The first-order chi connectivity index (χ1) is 18.0. The van der Waals surface area contributed by atoms with E-state index in [0.717, 1.165) is 58.4 Å². The van der Waals surface area contributed by atoms with E-state index in [-0.39, 0.29) is 24.5 Å². The van der Waals surface area contributed by atoms with E-state index >= 15 is 0 Å². The molecule has 38 heavy (non-hydrogen) atoms. The molecule has 2 heterocycles. The van der Waals surface area contributed by atoms with Crippen LogP contribution in [-0.2, 0) is 11.4 Å². The summed E-state index contributed by atoms with van der Waals surface area (Å²) in [5, 5.41) is 0. The molecule has 1 aromatic heterocycles. The summed E-state index contributed by atoms with van der Waals surface area (Å²) in [6.07, 6.45) is 0. The van der Waals surface area contributed by atoms with E-state index in [1.807, 2.05) is 19.1 Å². The molecule has 202 valence electrons. The van der Waals surface area contributed by atoms with Crippen LogP contribution in [0.5, 0.6) is 5.75 Å². The molecule has 4 rings (SSSR count). The number of benzene rings is 2. The lowest BCUT2D eigenvalue weighted by Gasteiger charge is -2.45. The average molecular weight is 516 g/mol. The van der Waals surface area contributed by atoms with Gasteiger partial charge in [-0.2, -0.15) is 0 Å². The summed E-state index contributed by atoms with van der Waals surface area (Å²) in [4.78, 5) is 26.3. The van der Waals surface area contributed by atoms with Gasteiger partial charge in [-0.1, -0.05) is 50.2 Å². The molecule has 1 fully saturated rings. The standard InChI is InChI=1S/C31H41N5O2/c1-19(2)25-13-12-21(4)28(14-25)38-18-27-24(7)33-30(26-11-9-8-10-20(26)3)34-31(27)36-16-22(5)35(15-23(36)6)17-29(32)37/h8-14,19,22-23H,15-18H2,1-7H3,(H2,32,37)/t22-,23+/m0/s1. The van der Waals surface area contributed by atoms with Crippen molar-refractivity contribution in [3.05, 3.63) is 70.4 Å². The van der Waals surface area contributed by atoms with Crippen molar-refractivity contribution >= 4 is 11.7 Å². The number of ether oxygens (including phenoxy) is 1. The molecule has 0 radical (unpaired) electrons. The van der Waals surface area contributed by atoms with Crippen molar-refractivity contribution in [2.24, 2.45) is 5.73 Å². The Bertz CT molecular complexity index is 1310. The summed E-state index contributed by atoms with van der Waals surface area (Å²) >= 11 is 0. The molecule has 0 bridgehead atoms. The Morgan fingerprint density at radius 1 is 1.03 bits per heavy atom. The number of hydrogen-bond acceptors (Lipinski definition) is 6. The lowest BCUT2D eigenvalue weighted by atomic mass is 10.0. The maximum atomic E-state index is 11.6. The quantitative estimate of drug-likeness (QED) is 0.446. The van der Waals surface area contributed by atoms with Crippen LogP contribution in [0, 0.1) is 20.8 Å². The molecule has 2 aromatic carbocycles. The molecule has 3 aromatic rings. The van der Waals surface area contributed by atoms with Gasteiger partial charge in [0.2, 0.25) is 5.91 Å². The fraction of sp³-hybridized carbons (Fsp3) is 0.452. The van der Waals surface area contributed by atoms with Crippen molar-refractivity contribution in [1.29, 1.82) is 0 Å². The van der Waals surface area contributed by atoms with Crippen LogP contribution in [0.2, 0.25) is 0 Å². The van der Waals surface area contributed by atoms with Gasteiger partial charge in [0.1, 0.15) is 18.2 Å². The summed E-state index contributed by atoms with van der Waals surface area (Å²) in [5.41, 5.74) is 11.9. The summed E-state index contributed by atoms with van der Waals surface area (Å²) in [6, 6.07) is 14.9. The van der Waals surface area contributed by atoms with Crippen LogP contribution in [0.1, 0.15) is 61.6 Å². The molecule has 0 aliphatic carbocycles. The number of amides is 1. The Labute approximate surface area is 227 Å². The van der Waals surface area contributed by atoms with Gasteiger partial charge in [0.05, 0.1) is 17.8 Å². The smallest absolute Gasteiger partial charge is 0.231 e. The van der Waals surface area contributed by atoms with Crippen LogP contribution in [0.3, 0.4) is 0 Å². The third-order valence-electron chi connectivity index (χ3n) is 7.57. The van der Waals surface area contributed by atoms with E-state index < -0.39 is 0 Å². The van der Waals surface area contributed by atoms with Gasteiger partial charge in [0, 0.05) is 30.7 Å². The Morgan fingerprint density at radius 3 is 2.45 bits per heavy atom. The van der Waals surface area contributed by atoms with E-state index in [0.29, 0.717) is 12.5 Å². The fourth-order valence-electron chi connectivity index (χ4n) is 5.13. The largest absolute Gasteiger partial charge is 0.488 e. The number of primary amides is 1. The molecule has 0 unspecified atom stereocenters. The highest BCUT2D eigenvalue weighted by Crippen LogP contribution is 2.32. The van der Waals surface area contributed by atoms with E-state index in [9.17, 15) is 4.79 Å². The Balaban J connectivity index is 1.74. The molecule has 1 aliphatic heterocycles. The summed E-state index contributed by atoms with van der Waals surface area (Å²) < 4.78 is 6.45. The van der Waals surface area contributed by atoms with Gasteiger partial charge >= 0.3 is 0 Å². The van der Waals surface area contributed by atoms with Crippen molar-refractivity contribution in [3.8, 4) is 17.1 Å². The van der Waals surface area contributed by atoms with Gasteiger partial charge in [-0.05, 0) is 63.3 Å². The minimum Gasteiger partial charge on any atom is -0.488 e. The second-order valence-corrected chi connectivity index (χ2v) is 11.0. The van der Waals surface area contributed by atoms with Crippen LogP contribution < -0.4 is 15.4 Å². The number of carbonyl (C=O) groups is 1. The Hall–Kier alpha value is -3.45. The zero-order valence-electron chi connectivity index (χ0n) is 23.8. The number of rotatable bonds is 8. The van der Waals surface area contributed by atoms with Crippen LogP contribution in [0.4, 0.5) is 5.82 Å². The number of nitrogens with zero attached hydrogens (tertiary/aromatic N) is 4. The first kappa shape index (κ1) is 27.6. The molecule has 0 spiro atoms. The van der Waals surface area contributed by atoms with Gasteiger partial charge in [-0.15, -0.1) is 0 Å². The highest BCUT2D eigenvalue weighted by Gasteiger charge is 2.33. The highest BCUT2D eigenvalue weighted by atomic mass is 16.5. The molecule has 1 aliphatic rings. The first-order valence-corrected chi connectivity index (χ1v) is 13.5.